The van der Waals surface area contributed by atoms with Gasteiger partial charge in [0.15, 0.2) is 0 Å². The van der Waals surface area contributed by atoms with Crippen LogP contribution in [-0.4, -0.2) is 17.5 Å². The summed E-state index contributed by atoms with van der Waals surface area (Å²) in [7, 11) is 7.11. The monoisotopic (exact) mass is 210 g/mol. The Morgan fingerprint density at radius 3 is 2.33 bits per heavy atom. The zero-order valence-electron chi connectivity index (χ0n) is 8.39. The molecule has 0 radical (unpaired) electrons. The predicted molar refractivity (Wildman–Crippen MR) is 57.8 cm³/mol. The summed E-state index contributed by atoms with van der Waals surface area (Å²) in [6.45, 7) is 9.09. The molecule has 12 heavy (non-hydrogen) atoms. The molecule has 0 aromatic carbocycles. The number of hydrogen-bond donors (Lipinski definition) is 0. The molecule has 0 amide bonds. The molecule has 74 valence electrons. The Hall–Kier alpha value is 0.600. The van der Waals surface area contributed by atoms with Crippen LogP contribution in [0.15, 0.2) is 0 Å². The van der Waals surface area contributed by atoms with E-state index in [0.717, 1.165) is 19.4 Å². The van der Waals surface area contributed by atoms with Crippen molar-refractivity contribution in [1.82, 2.24) is 0 Å². The van der Waals surface area contributed by atoms with Gasteiger partial charge in [-0.15, -0.1) is 0 Å². The van der Waals surface area contributed by atoms with E-state index in [1.54, 1.807) is 0 Å². The quantitative estimate of drug-likeness (QED) is 0.650. The minimum atomic E-state index is 0.0464. The Bertz CT molecular complexity index is 117. The van der Waals surface area contributed by atoms with Crippen molar-refractivity contribution in [2.24, 2.45) is 0 Å². The fourth-order valence-electron chi connectivity index (χ4n) is 1.25. The second kappa shape index (κ2) is 6.11. The number of rotatable bonds is 1. The SMILES string of the molecule is CC.CC1(C)CC(SCl)CCO1. The molecule has 1 rings (SSSR count). The minimum absolute atomic E-state index is 0.0464. The summed E-state index contributed by atoms with van der Waals surface area (Å²) in [5.74, 6) is 0. The summed E-state index contributed by atoms with van der Waals surface area (Å²) >= 11 is 0. The summed E-state index contributed by atoms with van der Waals surface area (Å²) < 4.78 is 5.53. The molecule has 1 unspecified atom stereocenters. The topological polar surface area (TPSA) is 9.23 Å². The highest BCUT2D eigenvalue weighted by molar-refractivity contribution is 8.21. The van der Waals surface area contributed by atoms with Gasteiger partial charge in [-0.05, 0) is 37.4 Å². The van der Waals surface area contributed by atoms with Gasteiger partial charge in [-0.2, -0.15) is 0 Å². The zero-order valence-corrected chi connectivity index (χ0v) is 9.97. The molecule has 0 aromatic heterocycles. The lowest BCUT2D eigenvalue weighted by Crippen LogP contribution is -2.34. The molecule has 0 aliphatic carbocycles. The lowest BCUT2D eigenvalue weighted by atomic mass is 9.98. The maximum Gasteiger partial charge on any atom is 0.0637 e. The average Bonchev–Trinajstić information content (AvgIpc) is 2.06. The Balaban J connectivity index is 0.000000561. The molecule has 3 heteroatoms. The summed E-state index contributed by atoms with van der Waals surface area (Å²) in [4.78, 5) is 0. The number of halogens is 1. The Labute approximate surface area is 84.7 Å². The smallest absolute Gasteiger partial charge is 0.0637 e. The number of hydrogen-bond acceptors (Lipinski definition) is 2. The lowest BCUT2D eigenvalue weighted by Gasteiger charge is -2.33. The van der Waals surface area contributed by atoms with E-state index in [1.165, 1.54) is 11.0 Å². The maximum atomic E-state index is 5.67. The molecule has 1 heterocycles. The van der Waals surface area contributed by atoms with E-state index in [4.69, 9.17) is 15.4 Å². The van der Waals surface area contributed by atoms with Gasteiger partial charge in [-0.3, -0.25) is 0 Å². The van der Waals surface area contributed by atoms with Gasteiger partial charge in [0.05, 0.1) is 5.60 Å². The van der Waals surface area contributed by atoms with Gasteiger partial charge in [-0.25, -0.2) is 0 Å². The van der Waals surface area contributed by atoms with E-state index < -0.39 is 0 Å². The summed E-state index contributed by atoms with van der Waals surface area (Å²) in [5, 5.41) is 0.588. The van der Waals surface area contributed by atoms with Crippen LogP contribution in [0.5, 0.6) is 0 Å². The van der Waals surface area contributed by atoms with Crippen molar-refractivity contribution in [3.63, 3.8) is 0 Å². The molecule has 1 aliphatic rings. The zero-order chi connectivity index (χ0) is 9.61. The summed E-state index contributed by atoms with van der Waals surface area (Å²) in [5.41, 5.74) is 0.0464. The van der Waals surface area contributed by atoms with Crippen molar-refractivity contribution in [3.8, 4) is 0 Å². The molecule has 1 saturated heterocycles. The molecule has 0 aromatic rings. The first-order chi connectivity index (χ1) is 5.64. The summed E-state index contributed by atoms with van der Waals surface area (Å²) in [6, 6.07) is 0. The number of ether oxygens (including phenoxy) is 1. The highest BCUT2D eigenvalue weighted by atomic mass is 35.7. The van der Waals surface area contributed by atoms with Crippen molar-refractivity contribution >= 4 is 21.7 Å². The van der Waals surface area contributed by atoms with Crippen LogP contribution in [0.25, 0.3) is 0 Å². The fourth-order valence-corrected chi connectivity index (χ4v) is 2.36. The molecule has 1 atom stereocenters. The van der Waals surface area contributed by atoms with Crippen molar-refractivity contribution in [2.45, 2.75) is 51.4 Å². The Kier molecular flexibility index (Phi) is 6.42. The molecule has 1 fully saturated rings. The highest BCUT2D eigenvalue weighted by Gasteiger charge is 2.28. The normalized spacial score (nSPS) is 27.2. The average molecular weight is 211 g/mol. The first kappa shape index (κ1) is 12.6. The summed E-state index contributed by atoms with van der Waals surface area (Å²) in [6.07, 6.45) is 2.17. The van der Waals surface area contributed by atoms with Crippen LogP contribution in [0.3, 0.4) is 0 Å². The Morgan fingerprint density at radius 2 is 2.00 bits per heavy atom. The fraction of sp³-hybridized carbons (Fsp3) is 1.00. The molecule has 1 nitrogen and oxygen atoms in total. The van der Waals surface area contributed by atoms with Crippen molar-refractivity contribution in [3.05, 3.63) is 0 Å². The standard InChI is InChI=1S/C7H13ClOS.C2H6/c1-7(2)5-6(10-8)3-4-9-7;1-2/h6H,3-5H2,1-2H3;1-2H3. The second-order valence-electron chi connectivity index (χ2n) is 3.31. The van der Waals surface area contributed by atoms with Gasteiger partial charge in [0.25, 0.3) is 0 Å². The molecule has 0 N–H and O–H groups in total. The second-order valence-corrected chi connectivity index (χ2v) is 4.69. The first-order valence-electron chi connectivity index (χ1n) is 4.55. The van der Waals surface area contributed by atoms with Crippen LogP contribution in [0, 0.1) is 0 Å². The third kappa shape index (κ3) is 4.58. The molecule has 1 aliphatic heterocycles. The molecule has 0 spiro atoms. The van der Waals surface area contributed by atoms with E-state index in [0.29, 0.717) is 5.25 Å². The van der Waals surface area contributed by atoms with Gasteiger partial charge in [0.2, 0.25) is 0 Å². The third-order valence-corrected chi connectivity index (χ3v) is 3.19. The van der Waals surface area contributed by atoms with Crippen LogP contribution < -0.4 is 0 Å². The largest absolute Gasteiger partial charge is 0.375 e. The van der Waals surface area contributed by atoms with Crippen molar-refractivity contribution in [1.29, 1.82) is 0 Å². The molecule has 0 saturated carbocycles. The first-order valence-corrected chi connectivity index (χ1v) is 6.26. The maximum absolute atomic E-state index is 5.67. The van der Waals surface area contributed by atoms with Crippen LogP contribution in [0.2, 0.25) is 0 Å². The molecule has 0 bridgehead atoms. The van der Waals surface area contributed by atoms with E-state index in [1.807, 2.05) is 13.8 Å². The highest BCUT2D eigenvalue weighted by Crippen LogP contribution is 2.33. The third-order valence-electron chi connectivity index (χ3n) is 1.78. The van der Waals surface area contributed by atoms with Crippen molar-refractivity contribution < 1.29 is 4.74 Å². The van der Waals surface area contributed by atoms with Gasteiger partial charge in [0.1, 0.15) is 0 Å². The van der Waals surface area contributed by atoms with Crippen LogP contribution >= 0.6 is 21.7 Å². The van der Waals surface area contributed by atoms with Crippen molar-refractivity contribution in [2.75, 3.05) is 6.61 Å². The lowest BCUT2D eigenvalue weighted by molar-refractivity contribution is -0.0484. The molecular weight excluding hydrogens is 192 g/mol. The van der Waals surface area contributed by atoms with Crippen LogP contribution in [0.1, 0.15) is 40.5 Å². The Morgan fingerprint density at radius 1 is 1.42 bits per heavy atom. The van der Waals surface area contributed by atoms with E-state index in [-0.39, 0.29) is 5.60 Å². The minimum Gasteiger partial charge on any atom is -0.375 e. The van der Waals surface area contributed by atoms with Crippen LogP contribution in [-0.2, 0) is 4.74 Å². The van der Waals surface area contributed by atoms with Gasteiger partial charge in [-0.1, -0.05) is 24.8 Å². The van der Waals surface area contributed by atoms with E-state index in [9.17, 15) is 0 Å². The van der Waals surface area contributed by atoms with Gasteiger partial charge in [0, 0.05) is 11.9 Å². The predicted octanol–water partition coefficient (Wildman–Crippen LogP) is 3.86. The van der Waals surface area contributed by atoms with E-state index in [2.05, 4.69) is 13.8 Å². The van der Waals surface area contributed by atoms with Gasteiger partial charge < -0.3 is 4.74 Å². The van der Waals surface area contributed by atoms with Gasteiger partial charge >= 0.3 is 0 Å². The van der Waals surface area contributed by atoms with Crippen LogP contribution in [0.4, 0.5) is 0 Å². The molecular formula is C9H19ClOS. The van der Waals surface area contributed by atoms with E-state index >= 15 is 0 Å².